The van der Waals surface area contributed by atoms with Gasteiger partial charge < -0.3 is 19.5 Å². The van der Waals surface area contributed by atoms with E-state index in [2.05, 4.69) is 6.58 Å². The molecule has 0 saturated heterocycles. The van der Waals surface area contributed by atoms with Crippen LogP contribution < -0.4 is 4.74 Å². The average molecular weight is 464 g/mol. The second-order valence-electron chi connectivity index (χ2n) is 7.84. The summed E-state index contributed by atoms with van der Waals surface area (Å²) in [5, 5.41) is 10.7. The minimum Gasteiger partial charge on any atom is -0.504 e. The fraction of sp³-hybridized carbons (Fsp3) is 0.222. The van der Waals surface area contributed by atoms with Gasteiger partial charge in [0.2, 0.25) is 0 Å². The van der Waals surface area contributed by atoms with Crippen molar-refractivity contribution in [2.24, 2.45) is 0 Å². The highest BCUT2D eigenvalue weighted by Gasteiger charge is 2.51. The van der Waals surface area contributed by atoms with Crippen LogP contribution in [0.25, 0.3) is 0 Å². The van der Waals surface area contributed by atoms with Crippen LogP contribution in [0.2, 0.25) is 5.02 Å². The molecule has 1 aliphatic heterocycles. The summed E-state index contributed by atoms with van der Waals surface area (Å²) >= 11 is 6.17. The molecule has 3 aromatic carbocycles. The van der Waals surface area contributed by atoms with Crippen molar-refractivity contribution >= 4 is 17.5 Å². The molecular weight excluding hydrogens is 438 g/mol. The van der Waals surface area contributed by atoms with Crippen LogP contribution in [0.1, 0.15) is 40.4 Å². The second-order valence-corrected chi connectivity index (χ2v) is 8.28. The topological polar surface area (TPSA) is 59.0 Å². The smallest absolute Gasteiger partial charge is 0.257 e. The number of carbonyl (C=O) groups excluding carboxylic acids is 1. The molecule has 1 N–H and O–H groups in total. The molecule has 6 heteroatoms. The van der Waals surface area contributed by atoms with Gasteiger partial charge in [-0.2, -0.15) is 0 Å². The van der Waals surface area contributed by atoms with E-state index in [1.165, 1.54) is 0 Å². The van der Waals surface area contributed by atoms with Crippen LogP contribution in [0.4, 0.5) is 0 Å². The standard InChI is InChI=1S/C27H26ClNO4/c1-3-15-29-26(31)22-7-5-6-8-23(22)27(29,20-10-12-21(28)13-11-20)33-18-19-9-14-24(30)25(17-19)32-16-4-2/h4-14,17,30H,2-3,15-16,18H2,1H3. The second kappa shape index (κ2) is 9.69. The van der Waals surface area contributed by atoms with Crippen molar-refractivity contribution in [1.82, 2.24) is 4.90 Å². The van der Waals surface area contributed by atoms with Gasteiger partial charge in [-0.3, -0.25) is 4.79 Å². The summed E-state index contributed by atoms with van der Waals surface area (Å²) in [6, 6.07) is 20.0. The molecule has 0 spiro atoms. The molecule has 1 atom stereocenters. The Bertz CT molecular complexity index is 1160. The zero-order valence-electron chi connectivity index (χ0n) is 18.5. The molecule has 4 rings (SSSR count). The van der Waals surface area contributed by atoms with Crippen LogP contribution in [-0.4, -0.2) is 29.1 Å². The number of rotatable bonds is 9. The van der Waals surface area contributed by atoms with E-state index in [0.29, 0.717) is 22.9 Å². The molecule has 1 unspecified atom stereocenters. The fourth-order valence-corrected chi connectivity index (χ4v) is 4.33. The molecule has 1 aliphatic rings. The Morgan fingerprint density at radius 3 is 2.61 bits per heavy atom. The van der Waals surface area contributed by atoms with Crippen molar-refractivity contribution in [3.8, 4) is 11.5 Å². The highest BCUT2D eigenvalue weighted by Crippen LogP contribution is 2.46. The van der Waals surface area contributed by atoms with E-state index in [-0.39, 0.29) is 24.9 Å². The van der Waals surface area contributed by atoms with E-state index in [1.807, 2.05) is 43.3 Å². The third-order valence-corrected chi connectivity index (χ3v) is 5.91. The average Bonchev–Trinajstić information content (AvgIpc) is 3.07. The van der Waals surface area contributed by atoms with E-state index in [1.54, 1.807) is 41.3 Å². The van der Waals surface area contributed by atoms with Crippen LogP contribution in [0, 0.1) is 0 Å². The largest absolute Gasteiger partial charge is 0.504 e. The number of aromatic hydroxyl groups is 1. The lowest BCUT2D eigenvalue weighted by molar-refractivity contribution is -0.117. The quantitative estimate of drug-likeness (QED) is 0.402. The summed E-state index contributed by atoms with van der Waals surface area (Å²) in [4.78, 5) is 15.2. The van der Waals surface area contributed by atoms with Crippen LogP contribution in [0.15, 0.2) is 79.4 Å². The van der Waals surface area contributed by atoms with Gasteiger partial charge in [0.05, 0.1) is 6.61 Å². The van der Waals surface area contributed by atoms with Gasteiger partial charge in [-0.25, -0.2) is 0 Å². The third-order valence-electron chi connectivity index (χ3n) is 5.66. The van der Waals surface area contributed by atoms with Gasteiger partial charge in [0, 0.05) is 28.3 Å². The highest BCUT2D eigenvalue weighted by atomic mass is 35.5. The number of nitrogens with zero attached hydrogens (tertiary/aromatic N) is 1. The van der Waals surface area contributed by atoms with Gasteiger partial charge in [0.25, 0.3) is 5.91 Å². The van der Waals surface area contributed by atoms with Gasteiger partial charge in [-0.15, -0.1) is 0 Å². The number of carbonyl (C=O) groups is 1. The Balaban J connectivity index is 1.79. The zero-order valence-corrected chi connectivity index (χ0v) is 19.2. The minimum atomic E-state index is -1.10. The Kier molecular flexibility index (Phi) is 6.72. The number of amides is 1. The highest BCUT2D eigenvalue weighted by molar-refractivity contribution is 6.30. The number of ether oxygens (including phenoxy) is 2. The molecule has 0 saturated carbocycles. The van der Waals surface area contributed by atoms with E-state index in [4.69, 9.17) is 21.1 Å². The van der Waals surface area contributed by atoms with Gasteiger partial charge >= 0.3 is 0 Å². The lowest BCUT2D eigenvalue weighted by Gasteiger charge is -2.39. The molecule has 33 heavy (non-hydrogen) atoms. The van der Waals surface area contributed by atoms with E-state index in [0.717, 1.165) is 23.1 Å². The molecule has 5 nitrogen and oxygen atoms in total. The van der Waals surface area contributed by atoms with Crippen LogP contribution in [0.5, 0.6) is 11.5 Å². The van der Waals surface area contributed by atoms with E-state index < -0.39 is 5.72 Å². The van der Waals surface area contributed by atoms with Crippen molar-refractivity contribution in [3.63, 3.8) is 0 Å². The van der Waals surface area contributed by atoms with Crippen molar-refractivity contribution in [2.75, 3.05) is 13.2 Å². The van der Waals surface area contributed by atoms with Gasteiger partial charge in [-0.1, -0.05) is 67.6 Å². The van der Waals surface area contributed by atoms with Crippen LogP contribution in [0.3, 0.4) is 0 Å². The third kappa shape index (κ3) is 4.22. The predicted molar refractivity (Wildman–Crippen MR) is 129 cm³/mol. The van der Waals surface area contributed by atoms with Gasteiger partial charge in [0.1, 0.15) is 6.61 Å². The molecule has 0 bridgehead atoms. The van der Waals surface area contributed by atoms with Gasteiger partial charge in [-0.05, 0) is 42.3 Å². The lowest BCUT2D eigenvalue weighted by Crippen LogP contribution is -2.47. The summed E-state index contributed by atoms with van der Waals surface area (Å²) in [5.74, 6) is 0.329. The summed E-state index contributed by atoms with van der Waals surface area (Å²) in [6.07, 6.45) is 2.39. The molecule has 170 valence electrons. The first kappa shape index (κ1) is 22.9. The van der Waals surface area contributed by atoms with E-state index in [9.17, 15) is 9.90 Å². The maximum Gasteiger partial charge on any atom is 0.257 e. The minimum absolute atomic E-state index is 0.0435. The Hall–Kier alpha value is -3.28. The number of fused-ring (bicyclic) bond motifs is 1. The lowest BCUT2D eigenvalue weighted by atomic mass is 9.93. The predicted octanol–water partition coefficient (Wildman–Crippen LogP) is 5.89. The van der Waals surface area contributed by atoms with Crippen LogP contribution >= 0.6 is 11.6 Å². The van der Waals surface area contributed by atoms with Crippen molar-refractivity contribution < 1.29 is 19.4 Å². The first-order chi connectivity index (χ1) is 16.0. The number of hydrogen-bond donors (Lipinski definition) is 1. The zero-order chi connectivity index (χ0) is 23.4. The fourth-order valence-electron chi connectivity index (χ4n) is 4.21. The molecule has 0 fully saturated rings. The molecule has 0 radical (unpaired) electrons. The van der Waals surface area contributed by atoms with Crippen molar-refractivity contribution in [3.05, 3.63) is 107 Å². The first-order valence-corrected chi connectivity index (χ1v) is 11.3. The number of hydrogen-bond acceptors (Lipinski definition) is 4. The molecule has 3 aromatic rings. The molecule has 1 amide bonds. The Morgan fingerprint density at radius 1 is 1.12 bits per heavy atom. The number of benzene rings is 3. The SMILES string of the molecule is C=CCOc1cc(COC2(c3ccc(Cl)cc3)c3ccccc3C(=O)N2CCC)ccc1O. The maximum atomic E-state index is 13.4. The summed E-state index contributed by atoms with van der Waals surface area (Å²) < 4.78 is 12.2. The number of phenols is 1. The van der Waals surface area contributed by atoms with E-state index >= 15 is 0 Å². The summed E-state index contributed by atoms with van der Waals surface area (Å²) in [7, 11) is 0. The molecule has 0 aromatic heterocycles. The van der Waals surface area contributed by atoms with Crippen molar-refractivity contribution in [1.29, 1.82) is 0 Å². The molecule has 0 aliphatic carbocycles. The first-order valence-electron chi connectivity index (χ1n) is 10.9. The number of halogens is 1. The Labute approximate surface area is 198 Å². The van der Waals surface area contributed by atoms with Crippen LogP contribution in [-0.2, 0) is 17.1 Å². The Morgan fingerprint density at radius 2 is 1.88 bits per heavy atom. The summed E-state index contributed by atoms with van der Waals surface area (Å²) in [6.45, 7) is 6.67. The van der Waals surface area contributed by atoms with Gasteiger partial charge in [0.15, 0.2) is 17.2 Å². The monoisotopic (exact) mass is 463 g/mol. The number of phenolic OH excluding ortho intramolecular Hbond substituents is 1. The molecule has 1 heterocycles. The summed E-state index contributed by atoms with van der Waals surface area (Å²) in [5.41, 5.74) is 1.94. The van der Waals surface area contributed by atoms with Crippen molar-refractivity contribution in [2.45, 2.75) is 25.7 Å². The normalized spacial score (nSPS) is 17.2. The molecular formula is C27H26ClNO4. The maximum absolute atomic E-state index is 13.4.